The third-order valence-electron chi connectivity index (χ3n) is 2.72. The molecule has 16 heavy (non-hydrogen) atoms. The molecule has 2 N–H and O–H groups in total. The normalized spacial score (nSPS) is 17.3. The van der Waals surface area contributed by atoms with Gasteiger partial charge in [0.25, 0.3) is 0 Å². The first-order valence-corrected chi connectivity index (χ1v) is 5.44. The van der Waals surface area contributed by atoms with E-state index in [4.69, 9.17) is 4.74 Å². The SMILES string of the molecule is COc1cc(CN2CCNCC2)ncc1O. The summed E-state index contributed by atoms with van der Waals surface area (Å²) in [6.45, 7) is 4.92. The molecule has 5 heteroatoms. The Labute approximate surface area is 95.1 Å². The highest BCUT2D eigenvalue weighted by Crippen LogP contribution is 2.24. The summed E-state index contributed by atoms with van der Waals surface area (Å²) in [4.78, 5) is 6.52. The molecule has 1 aliphatic heterocycles. The van der Waals surface area contributed by atoms with Gasteiger partial charge in [0.05, 0.1) is 19.0 Å². The van der Waals surface area contributed by atoms with E-state index < -0.39 is 0 Å². The molecule has 1 fully saturated rings. The highest BCUT2D eigenvalue weighted by Gasteiger charge is 2.12. The van der Waals surface area contributed by atoms with Crippen LogP contribution in [0.1, 0.15) is 5.69 Å². The number of hydrogen-bond donors (Lipinski definition) is 2. The van der Waals surface area contributed by atoms with E-state index in [1.807, 2.05) is 0 Å². The monoisotopic (exact) mass is 223 g/mol. The zero-order valence-electron chi connectivity index (χ0n) is 9.44. The third kappa shape index (κ3) is 2.62. The van der Waals surface area contributed by atoms with Crippen LogP contribution >= 0.6 is 0 Å². The van der Waals surface area contributed by atoms with Gasteiger partial charge in [-0.1, -0.05) is 0 Å². The van der Waals surface area contributed by atoms with Crippen molar-refractivity contribution < 1.29 is 9.84 Å². The molecule has 0 spiro atoms. The molecule has 0 unspecified atom stereocenters. The molecular weight excluding hydrogens is 206 g/mol. The van der Waals surface area contributed by atoms with Gasteiger partial charge in [-0.15, -0.1) is 0 Å². The lowest BCUT2D eigenvalue weighted by molar-refractivity contribution is 0.230. The van der Waals surface area contributed by atoms with E-state index >= 15 is 0 Å². The first-order chi connectivity index (χ1) is 7.79. The molecule has 5 nitrogen and oxygen atoms in total. The lowest BCUT2D eigenvalue weighted by Gasteiger charge is -2.26. The average Bonchev–Trinajstić information content (AvgIpc) is 2.33. The predicted molar refractivity (Wildman–Crippen MR) is 60.6 cm³/mol. The van der Waals surface area contributed by atoms with Crippen LogP contribution in [0.25, 0.3) is 0 Å². The summed E-state index contributed by atoms with van der Waals surface area (Å²) in [7, 11) is 1.55. The molecule has 1 aliphatic rings. The van der Waals surface area contributed by atoms with Crippen LogP contribution in [0.2, 0.25) is 0 Å². The van der Waals surface area contributed by atoms with Gasteiger partial charge in [0.2, 0.25) is 0 Å². The van der Waals surface area contributed by atoms with Crippen LogP contribution in [-0.4, -0.2) is 48.3 Å². The van der Waals surface area contributed by atoms with E-state index in [2.05, 4.69) is 15.2 Å². The van der Waals surface area contributed by atoms with Gasteiger partial charge in [-0.05, 0) is 0 Å². The molecule has 1 saturated heterocycles. The topological polar surface area (TPSA) is 57.6 Å². The van der Waals surface area contributed by atoms with Gasteiger partial charge >= 0.3 is 0 Å². The zero-order valence-corrected chi connectivity index (χ0v) is 9.44. The van der Waals surface area contributed by atoms with E-state index in [9.17, 15) is 5.11 Å². The molecule has 2 rings (SSSR count). The van der Waals surface area contributed by atoms with Crippen molar-refractivity contribution in [2.75, 3.05) is 33.3 Å². The van der Waals surface area contributed by atoms with Crippen LogP contribution in [0.3, 0.4) is 0 Å². The molecule has 0 aromatic carbocycles. The first-order valence-electron chi connectivity index (χ1n) is 5.44. The first kappa shape index (κ1) is 11.2. The third-order valence-corrected chi connectivity index (χ3v) is 2.72. The molecule has 0 bridgehead atoms. The van der Waals surface area contributed by atoms with Gasteiger partial charge in [-0.2, -0.15) is 0 Å². The number of aromatic hydroxyl groups is 1. The molecule has 0 atom stereocenters. The Kier molecular flexibility index (Phi) is 3.58. The van der Waals surface area contributed by atoms with Gasteiger partial charge < -0.3 is 15.2 Å². The maximum Gasteiger partial charge on any atom is 0.176 e. The Hall–Kier alpha value is -1.33. The number of aromatic nitrogens is 1. The van der Waals surface area contributed by atoms with Crippen LogP contribution < -0.4 is 10.1 Å². The van der Waals surface area contributed by atoms with Crippen molar-refractivity contribution in [1.82, 2.24) is 15.2 Å². The van der Waals surface area contributed by atoms with Crippen molar-refractivity contribution in [3.8, 4) is 11.5 Å². The Balaban J connectivity index is 2.03. The minimum absolute atomic E-state index is 0.0894. The van der Waals surface area contributed by atoms with Crippen LogP contribution in [0.4, 0.5) is 0 Å². The summed E-state index contributed by atoms with van der Waals surface area (Å²) in [5, 5.41) is 12.7. The van der Waals surface area contributed by atoms with Crippen LogP contribution in [-0.2, 0) is 6.54 Å². The fourth-order valence-corrected chi connectivity index (χ4v) is 1.82. The second kappa shape index (κ2) is 5.14. The summed E-state index contributed by atoms with van der Waals surface area (Å²) in [6, 6.07) is 1.79. The predicted octanol–water partition coefficient (Wildman–Crippen LogP) is 0.201. The maximum absolute atomic E-state index is 9.43. The summed E-state index contributed by atoms with van der Waals surface area (Å²) in [5.41, 5.74) is 0.927. The summed E-state index contributed by atoms with van der Waals surface area (Å²) in [6.07, 6.45) is 1.44. The molecule has 0 radical (unpaired) electrons. The van der Waals surface area contributed by atoms with Gasteiger partial charge in [-0.3, -0.25) is 9.88 Å². The van der Waals surface area contributed by atoms with Crippen molar-refractivity contribution in [1.29, 1.82) is 0 Å². The van der Waals surface area contributed by atoms with E-state index in [0.717, 1.165) is 38.4 Å². The van der Waals surface area contributed by atoms with Gasteiger partial charge in [0, 0.05) is 38.8 Å². The lowest BCUT2D eigenvalue weighted by Crippen LogP contribution is -2.43. The number of hydrogen-bond acceptors (Lipinski definition) is 5. The average molecular weight is 223 g/mol. The Morgan fingerprint density at radius 3 is 2.94 bits per heavy atom. The van der Waals surface area contributed by atoms with Gasteiger partial charge in [0.1, 0.15) is 0 Å². The number of nitrogens with one attached hydrogen (secondary N) is 1. The second-order valence-corrected chi connectivity index (χ2v) is 3.87. The minimum Gasteiger partial charge on any atom is -0.503 e. The largest absolute Gasteiger partial charge is 0.503 e. The number of piperazine rings is 1. The number of nitrogens with zero attached hydrogens (tertiary/aromatic N) is 2. The van der Waals surface area contributed by atoms with Crippen molar-refractivity contribution in [3.63, 3.8) is 0 Å². The van der Waals surface area contributed by atoms with E-state index in [0.29, 0.717) is 5.75 Å². The molecule has 1 aromatic heterocycles. The van der Waals surface area contributed by atoms with Gasteiger partial charge in [0.15, 0.2) is 11.5 Å². The lowest BCUT2D eigenvalue weighted by atomic mass is 10.2. The molecule has 0 saturated carbocycles. The molecule has 0 aliphatic carbocycles. The van der Waals surface area contributed by atoms with E-state index in [-0.39, 0.29) is 5.75 Å². The van der Waals surface area contributed by atoms with Crippen molar-refractivity contribution in [3.05, 3.63) is 18.0 Å². The van der Waals surface area contributed by atoms with E-state index in [1.54, 1.807) is 13.2 Å². The molecule has 88 valence electrons. The Morgan fingerprint density at radius 2 is 2.25 bits per heavy atom. The highest BCUT2D eigenvalue weighted by atomic mass is 16.5. The standard InChI is InChI=1S/C11H17N3O2/c1-16-11-6-9(13-7-10(11)15)8-14-4-2-12-3-5-14/h6-7,12,15H,2-5,8H2,1H3. The smallest absolute Gasteiger partial charge is 0.176 e. The summed E-state index contributed by atoms with van der Waals surface area (Å²) >= 11 is 0. The number of rotatable bonds is 3. The quantitative estimate of drug-likeness (QED) is 0.766. The maximum atomic E-state index is 9.43. The van der Waals surface area contributed by atoms with Crippen molar-refractivity contribution in [2.45, 2.75) is 6.54 Å². The fraction of sp³-hybridized carbons (Fsp3) is 0.545. The van der Waals surface area contributed by atoms with Crippen LogP contribution in [0, 0.1) is 0 Å². The number of ether oxygens (including phenoxy) is 1. The highest BCUT2D eigenvalue weighted by molar-refractivity contribution is 5.37. The molecule has 2 heterocycles. The van der Waals surface area contributed by atoms with Crippen molar-refractivity contribution in [2.24, 2.45) is 0 Å². The van der Waals surface area contributed by atoms with Crippen LogP contribution in [0.15, 0.2) is 12.3 Å². The number of methoxy groups -OCH3 is 1. The molecule has 0 amide bonds. The minimum atomic E-state index is 0.0894. The molecule has 1 aromatic rings. The summed E-state index contributed by atoms with van der Waals surface area (Å²) in [5.74, 6) is 0.576. The zero-order chi connectivity index (χ0) is 11.4. The Morgan fingerprint density at radius 1 is 1.50 bits per heavy atom. The molecular formula is C11H17N3O2. The van der Waals surface area contributed by atoms with E-state index in [1.165, 1.54) is 6.20 Å². The van der Waals surface area contributed by atoms with Crippen molar-refractivity contribution >= 4 is 0 Å². The Bertz CT molecular complexity index is 351. The summed E-state index contributed by atoms with van der Waals surface area (Å²) < 4.78 is 5.05. The van der Waals surface area contributed by atoms with Gasteiger partial charge in [-0.25, -0.2) is 0 Å². The number of pyridine rings is 1. The second-order valence-electron chi connectivity index (χ2n) is 3.87. The van der Waals surface area contributed by atoms with Crippen LogP contribution in [0.5, 0.6) is 11.5 Å². The fourth-order valence-electron chi connectivity index (χ4n) is 1.82.